The number of pyridine rings is 1. The highest BCUT2D eigenvalue weighted by Gasteiger charge is 2.51. The second-order valence-corrected chi connectivity index (χ2v) is 8.90. The molecule has 2 aromatic heterocycles. The Balaban J connectivity index is 1.35. The number of nitrogens with zero attached hydrogens (tertiary/aromatic N) is 2. The summed E-state index contributed by atoms with van der Waals surface area (Å²) in [5, 5.41) is 16.2. The summed E-state index contributed by atoms with van der Waals surface area (Å²) in [6.07, 6.45) is 6.40. The number of carbonyl (C=O) groups excluding carboxylic acids is 1. The first-order valence-corrected chi connectivity index (χ1v) is 10.6. The number of rotatable bonds is 5. The van der Waals surface area contributed by atoms with Gasteiger partial charge in [0.25, 0.3) is 0 Å². The smallest absolute Gasteiger partial charge is 0.307 e. The van der Waals surface area contributed by atoms with Gasteiger partial charge in [-0.3, -0.25) is 9.59 Å². The zero-order valence-corrected chi connectivity index (χ0v) is 17.0. The average Bonchev–Trinajstić information content (AvgIpc) is 3.41. The maximum absolute atomic E-state index is 12.9. The molecule has 1 fully saturated rings. The van der Waals surface area contributed by atoms with Crippen molar-refractivity contribution in [2.24, 2.45) is 23.7 Å². The quantitative estimate of drug-likeness (QED) is 0.534. The van der Waals surface area contributed by atoms with E-state index in [2.05, 4.69) is 20.6 Å². The Hall–Kier alpha value is -3.26. The number of aliphatic carboxylic acids is 1. The number of nitrogens with one attached hydrogen (secondary N) is 2. The maximum atomic E-state index is 12.9. The minimum Gasteiger partial charge on any atom is -0.481 e. The van der Waals surface area contributed by atoms with Crippen LogP contribution in [0.15, 0.2) is 48.7 Å². The van der Waals surface area contributed by atoms with E-state index in [0.717, 1.165) is 33.7 Å². The molecule has 2 heterocycles. The lowest BCUT2D eigenvalue weighted by Crippen LogP contribution is -2.36. The number of amides is 1. The lowest BCUT2D eigenvalue weighted by molar-refractivity contribution is -0.146. The van der Waals surface area contributed by atoms with Gasteiger partial charge in [0.05, 0.1) is 22.1 Å². The van der Waals surface area contributed by atoms with Gasteiger partial charge in [0, 0.05) is 11.9 Å². The Kier molecular flexibility index (Phi) is 4.51. The summed E-state index contributed by atoms with van der Waals surface area (Å²) >= 11 is 1.37. The number of thiazole rings is 1. The number of allylic oxidation sites excluding steroid dienone is 2. The van der Waals surface area contributed by atoms with Crippen LogP contribution in [0.4, 0.5) is 16.6 Å². The van der Waals surface area contributed by atoms with E-state index in [-0.39, 0.29) is 17.7 Å². The lowest BCUT2D eigenvalue weighted by Gasteiger charge is -2.23. The van der Waals surface area contributed by atoms with Crippen LogP contribution >= 0.6 is 11.3 Å². The molecule has 2 aliphatic rings. The van der Waals surface area contributed by atoms with Crippen LogP contribution in [0.5, 0.6) is 0 Å². The van der Waals surface area contributed by atoms with Gasteiger partial charge in [-0.05, 0) is 61.1 Å². The maximum Gasteiger partial charge on any atom is 0.307 e. The first-order chi connectivity index (χ1) is 14.5. The molecule has 2 unspecified atom stereocenters. The van der Waals surface area contributed by atoms with Crippen LogP contribution in [0.1, 0.15) is 12.0 Å². The fourth-order valence-electron chi connectivity index (χ4n) is 4.51. The van der Waals surface area contributed by atoms with E-state index in [9.17, 15) is 14.7 Å². The molecule has 7 nitrogen and oxygen atoms in total. The summed E-state index contributed by atoms with van der Waals surface area (Å²) in [5.74, 6) is -1.68. The Labute approximate surface area is 176 Å². The van der Waals surface area contributed by atoms with Gasteiger partial charge in [-0.15, -0.1) is 0 Å². The molecule has 152 valence electrons. The number of aromatic nitrogens is 2. The van der Waals surface area contributed by atoms with Crippen molar-refractivity contribution in [3.05, 3.63) is 54.2 Å². The third kappa shape index (κ3) is 3.33. The Bertz CT molecular complexity index is 1190. The zero-order valence-electron chi connectivity index (χ0n) is 16.2. The van der Waals surface area contributed by atoms with Crippen LogP contribution in [0, 0.1) is 30.6 Å². The van der Waals surface area contributed by atoms with Gasteiger partial charge in [0.2, 0.25) is 5.91 Å². The van der Waals surface area contributed by atoms with E-state index in [0.29, 0.717) is 5.13 Å². The molecule has 0 saturated heterocycles. The predicted molar refractivity (Wildman–Crippen MR) is 116 cm³/mol. The summed E-state index contributed by atoms with van der Waals surface area (Å²) < 4.78 is 0.922. The van der Waals surface area contributed by atoms with Crippen molar-refractivity contribution in [2.45, 2.75) is 13.3 Å². The SMILES string of the molecule is Cc1ccnc(Nc2ccc3nc(NC(=O)[C@@H]4C5C=CC(C5)[C@@H]4C(=O)O)sc3c2)c1. The number of anilines is 3. The largest absolute Gasteiger partial charge is 0.481 e. The van der Waals surface area contributed by atoms with E-state index < -0.39 is 17.8 Å². The van der Waals surface area contributed by atoms with E-state index in [4.69, 9.17) is 0 Å². The fraction of sp³-hybridized carbons (Fsp3) is 0.273. The van der Waals surface area contributed by atoms with Crippen LogP contribution in [0.3, 0.4) is 0 Å². The van der Waals surface area contributed by atoms with Crippen molar-refractivity contribution in [3.63, 3.8) is 0 Å². The first kappa shape index (κ1) is 18.7. The Morgan fingerprint density at radius 1 is 1.13 bits per heavy atom. The number of fused-ring (bicyclic) bond motifs is 3. The Morgan fingerprint density at radius 3 is 2.70 bits per heavy atom. The van der Waals surface area contributed by atoms with Crippen LogP contribution in [-0.4, -0.2) is 27.0 Å². The molecule has 30 heavy (non-hydrogen) atoms. The van der Waals surface area contributed by atoms with Gasteiger partial charge in [-0.2, -0.15) is 0 Å². The van der Waals surface area contributed by atoms with Crippen molar-refractivity contribution < 1.29 is 14.7 Å². The molecule has 3 N–H and O–H groups in total. The van der Waals surface area contributed by atoms with Gasteiger partial charge >= 0.3 is 5.97 Å². The highest BCUT2D eigenvalue weighted by Crippen LogP contribution is 2.48. The molecular formula is C22H20N4O3S. The molecule has 0 radical (unpaired) electrons. The van der Waals surface area contributed by atoms with Crippen molar-refractivity contribution in [2.75, 3.05) is 10.6 Å². The van der Waals surface area contributed by atoms with Crippen molar-refractivity contribution in [1.29, 1.82) is 0 Å². The molecule has 2 bridgehead atoms. The van der Waals surface area contributed by atoms with E-state index in [1.165, 1.54) is 11.3 Å². The van der Waals surface area contributed by atoms with E-state index >= 15 is 0 Å². The Morgan fingerprint density at radius 2 is 1.93 bits per heavy atom. The number of benzene rings is 1. The van der Waals surface area contributed by atoms with Gasteiger partial charge in [-0.25, -0.2) is 9.97 Å². The van der Waals surface area contributed by atoms with Gasteiger partial charge in [0.15, 0.2) is 5.13 Å². The average molecular weight is 420 g/mol. The molecule has 0 spiro atoms. The molecule has 8 heteroatoms. The summed E-state index contributed by atoms with van der Waals surface area (Å²) in [5.41, 5.74) is 2.78. The molecule has 1 saturated carbocycles. The first-order valence-electron chi connectivity index (χ1n) is 9.80. The monoisotopic (exact) mass is 420 g/mol. The number of carbonyl (C=O) groups is 2. The molecule has 1 aromatic carbocycles. The van der Waals surface area contributed by atoms with Crippen molar-refractivity contribution >= 4 is 50.1 Å². The normalized spacial score (nSPS) is 24.3. The van der Waals surface area contributed by atoms with Crippen LogP contribution in [0.2, 0.25) is 0 Å². The third-order valence-electron chi connectivity index (χ3n) is 5.85. The van der Waals surface area contributed by atoms with E-state index in [1.807, 2.05) is 49.4 Å². The zero-order chi connectivity index (χ0) is 20.8. The van der Waals surface area contributed by atoms with Gasteiger partial charge in [0.1, 0.15) is 5.82 Å². The van der Waals surface area contributed by atoms with E-state index in [1.54, 1.807) is 6.20 Å². The van der Waals surface area contributed by atoms with Crippen LogP contribution in [0.25, 0.3) is 10.2 Å². The summed E-state index contributed by atoms with van der Waals surface area (Å²) in [7, 11) is 0. The van der Waals surface area contributed by atoms with Crippen LogP contribution < -0.4 is 10.6 Å². The molecular weight excluding hydrogens is 400 g/mol. The molecule has 1 amide bonds. The number of hydrogen-bond donors (Lipinski definition) is 3. The lowest BCUT2D eigenvalue weighted by atomic mass is 9.82. The molecule has 0 aliphatic heterocycles. The predicted octanol–water partition coefficient (Wildman–Crippen LogP) is 4.20. The molecule has 5 rings (SSSR count). The number of carboxylic acid groups (broad SMARTS) is 1. The third-order valence-corrected chi connectivity index (χ3v) is 6.79. The minimum atomic E-state index is -0.906. The van der Waals surface area contributed by atoms with Crippen molar-refractivity contribution in [1.82, 2.24) is 9.97 Å². The van der Waals surface area contributed by atoms with Gasteiger partial charge < -0.3 is 15.7 Å². The van der Waals surface area contributed by atoms with Gasteiger partial charge in [-0.1, -0.05) is 23.5 Å². The van der Waals surface area contributed by atoms with Crippen molar-refractivity contribution in [3.8, 4) is 0 Å². The highest BCUT2D eigenvalue weighted by atomic mass is 32.1. The highest BCUT2D eigenvalue weighted by molar-refractivity contribution is 7.22. The molecule has 2 aliphatic carbocycles. The minimum absolute atomic E-state index is 0.0110. The molecule has 3 aromatic rings. The standard InChI is InChI=1S/C22H20N4O3S/c1-11-6-7-23-17(8-11)24-14-4-5-15-16(10-14)30-22(25-15)26-20(27)18-12-2-3-13(9-12)19(18)21(28)29/h2-8,10,12-13,18-19H,9H2,1H3,(H,23,24)(H,28,29)(H,25,26,27)/t12?,13?,18-,19+/m1/s1. The molecule has 4 atom stereocenters. The second-order valence-electron chi connectivity index (χ2n) is 7.87. The summed E-state index contributed by atoms with van der Waals surface area (Å²) in [4.78, 5) is 33.3. The second kappa shape index (κ2) is 7.21. The number of aryl methyl sites for hydroxylation is 1. The topological polar surface area (TPSA) is 104 Å². The van der Waals surface area contributed by atoms with Crippen LogP contribution in [-0.2, 0) is 9.59 Å². The number of carboxylic acids is 1. The fourth-order valence-corrected chi connectivity index (χ4v) is 5.42. The number of hydrogen-bond acceptors (Lipinski definition) is 6. The summed E-state index contributed by atoms with van der Waals surface area (Å²) in [6, 6.07) is 9.67. The summed E-state index contributed by atoms with van der Waals surface area (Å²) in [6.45, 7) is 2.01.